The van der Waals surface area contributed by atoms with Gasteiger partial charge in [-0.15, -0.1) is 0 Å². The monoisotopic (exact) mass is 232 g/mol. The average Bonchev–Trinajstić information content (AvgIpc) is 2.82. The van der Waals surface area contributed by atoms with Crippen LogP contribution in [0.1, 0.15) is 24.6 Å². The van der Waals surface area contributed by atoms with Crippen molar-refractivity contribution < 1.29 is 4.74 Å². The summed E-state index contributed by atoms with van der Waals surface area (Å²) in [5.74, 6) is 2.18. The molecule has 1 aliphatic heterocycles. The molecule has 1 fully saturated rings. The van der Waals surface area contributed by atoms with Crippen molar-refractivity contribution in [3.8, 4) is 5.75 Å². The molecule has 0 amide bonds. The van der Waals surface area contributed by atoms with Crippen molar-refractivity contribution in [1.29, 1.82) is 0 Å². The molecular formula is C12H16N4O. The zero-order chi connectivity index (χ0) is 11.7. The van der Waals surface area contributed by atoms with E-state index in [2.05, 4.69) is 15.4 Å². The Morgan fingerprint density at radius 1 is 1.47 bits per heavy atom. The number of hydrogen-bond acceptors (Lipinski definition) is 4. The van der Waals surface area contributed by atoms with Gasteiger partial charge in [-0.05, 0) is 31.5 Å². The minimum absolute atomic E-state index is 0.439. The van der Waals surface area contributed by atoms with Crippen molar-refractivity contribution in [3.05, 3.63) is 24.2 Å². The number of nitrogens with one attached hydrogen (secondary N) is 1. The Bertz CT molecular complexity index is 516. The van der Waals surface area contributed by atoms with Gasteiger partial charge in [0.25, 0.3) is 0 Å². The summed E-state index contributed by atoms with van der Waals surface area (Å²) in [7, 11) is 1.66. The van der Waals surface area contributed by atoms with E-state index in [1.807, 2.05) is 18.3 Å². The van der Waals surface area contributed by atoms with Crippen LogP contribution in [0.3, 0.4) is 0 Å². The molecule has 1 aliphatic rings. The molecule has 0 radical (unpaired) electrons. The molecule has 17 heavy (non-hydrogen) atoms. The van der Waals surface area contributed by atoms with Crippen molar-refractivity contribution in [1.82, 2.24) is 19.9 Å². The number of ether oxygens (including phenoxy) is 1. The number of aromatic nitrogens is 3. The van der Waals surface area contributed by atoms with Gasteiger partial charge in [-0.1, -0.05) is 0 Å². The second-order valence-electron chi connectivity index (χ2n) is 4.38. The molecule has 5 heteroatoms. The van der Waals surface area contributed by atoms with E-state index in [4.69, 9.17) is 4.74 Å². The third-order valence-corrected chi connectivity index (χ3v) is 3.22. The maximum atomic E-state index is 5.18. The molecule has 0 aliphatic carbocycles. The van der Waals surface area contributed by atoms with Gasteiger partial charge in [0.05, 0.1) is 13.3 Å². The average molecular weight is 232 g/mol. The zero-order valence-electron chi connectivity index (χ0n) is 9.89. The summed E-state index contributed by atoms with van der Waals surface area (Å²) in [5, 5.41) is 7.92. The van der Waals surface area contributed by atoms with Crippen molar-refractivity contribution in [2.24, 2.45) is 0 Å². The number of nitrogens with zero attached hydrogens (tertiary/aromatic N) is 3. The molecule has 0 bridgehead atoms. The fraction of sp³-hybridized carbons (Fsp3) is 0.500. The van der Waals surface area contributed by atoms with Crippen molar-refractivity contribution >= 4 is 5.65 Å². The Labute approximate surface area is 99.8 Å². The van der Waals surface area contributed by atoms with Crippen LogP contribution in [0.5, 0.6) is 5.75 Å². The van der Waals surface area contributed by atoms with E-state index in [1.54, 1.807) is 11.6 Å². The molecule has 1 unspecified atom stereocenters. The van der Waals surface area contributed by atoms with Crippen LogP contribution in [0.15, 0.2) is 18.3 Å². The summed E-state index contributed by atoms with van der Waals surface area (Å²) in [6, 6.07) is 3.85. The molecule has 90 valence electrons. The minimum Gasteiger partial charge on any atom is -0.495 e. The number of methoxy groups -OCH3 is 1. The van der Waals surface area contributed by atoms with Crippen LogP contribution in [-0.2, 0) is 0 Å². The molecule has 5 nitrogen and oxygen atoms in total. The lowest BCUT2D eigenvalue weighted by Gasteiger charge is -2.19. The predicted octanol–water partition coefficient (Wildman–Crippen LogP) is 1.20. The van der Waals surface area contributed by atoms with Gasteiger partial charge in [0.1, 0.15) is 5.75 Å². The minimum atomic E-state index is 0.439. The molecule has 3 heterocycles. The van der Waals surface area contributed by atoms with Crippen molar-refractivity contribution in [2.45, 2.75) is 18.8 Å². The Kier molecular flexibility index (Phi) is 2.68. The van der Waals surface area contributed by atoms with Gasteiger partial charge in [0.2, 0.25) is 0 Å². The quantitative estimate of drug-likeness (QED) is 0.845. The van der Waals surface area contributed by atoms with Gasteiger partial charge in [0.15, 0.2) is 11.5 Å². The van der Waals surface area contributed by atoms with Crippen LogP contribution in [0, 0.1) is 0 Å². The van der Waals surface area contributed by atoms with E-state index >= 15 is 0 Å². The third kappa shape index (κ3) is 1.98. The first-order chi connectivity index (χ1) is 8.36. The molecular weight excluding hydrogens is 216 g/mol. The summed E-state index contributed by atoms with van der Waals surface area (Å²) < 4.78 is 6.97. The van der Waals surface area contributed by atoms with Crippen LogP contribution < -0.4 is 10.1 Å². The summed E-state index contributed by atoms with van der Waals surface area (Å²) in [6.45, 7) is 2.09. The highest BCUT2D eigenvalue weighted by Crippen LogP contribution is 2.21. The third-order valence-electron chi connectivity index (χ3n) is 3.22. The van der Waals surface area contributed by atoms with E-state index in [-0.39, 0.29) is 0 Å². The first-order valence-electron chi connectivity index (χ1n) is 5.98. The Balaban J connectivity index is 1.95. The second-order valence-corrected chi connectivity index (χ2v) is 4.38. The van der Waals surface area contributed by atoms with Gasteiger partial charge in [-0.3, -0.25) is 0 Å². The number of hydrogen-bond donors (Lipinski definition) is 1. The van der Waals surface area contributed by atoms with Crippen LogP contribution >= 0.6 is 0 Å². The maximum Gasteiger partial charge on any atom is 0.156 e. The van der Waals surface area contributed by atoms with Crippen LogP contribution in [0.4, 0.5) is 0 Å². The molecule has 1 N–H and O–H groups in total. The highest BCUT2D eigenvalue weighted by Gasteiger charge is 2.19. The highest BCUT2D eigenvalue weighted by molar-refractivity contribution is 5.40. The zero-order valence-corrected chi connectivity index (χ0v) is 9.89. The van der Waals surface area contributed by atoms with Gasteiger partial charge in [-0.25, -0.2) is 9.50 Å². The summed E-state index contributed by atoms with van der Waals surface area (Å²) in [5.41, 5.74) is 0.881. The Morgan fingerprint density at radius 2 is 2.41 bits per heavy atom. The number of rotatable bonds is 2. The normalized spacial score (nSPS) is 20.6. The lowest BCUT2D eigenvalue weighted by Crippen LogP contribution is -2.28. The fourth-order valence-electron chi connectivity index (χ4n) is 2.25. The van der Waals surface area contributed by atoms with Crippen molar-refractivity contribution in [2.75, 3.05) is 20.2 Å². The SMILES string of the molecule is COc1ccc2nc(C3CCCNC3)nn2c1. The number of piperidine rings is 1. The van der Waals surface area contributed by atoms with E-state index in [9.17, 15) is 0 Å². The van der Waals surface area contributed by atoms with Crippen LogP contribution in [0.25, 0.3) is 5.65 Å². The molecule has 0 aromatic carbocycles. The Morgan fingerprint density at radius 3 is 3.18 bits per heavy atom. The van der Waals surface area contributed by atoms with Crippen LogP contribution in [0.2, 0.25) is 0 Å². The largest absolute Gasteiger partial charge is 0.495 e. The van der Waals surface area contributed by atoms with Gasteiger partial charge >= 0.3 is 0 Å². The summed E-state index contributed by atoms with van der Waals surface area (Å²) in [6.07, 6.45) is 4.23. The maximum absolute atomic E-state index is 5.18. The van der Waals surface area contributed by atoms with Gasteiger partial charge in [0, 0.05) is 12.5 Å². The molecule has 0 saturated carbocycles. The second kappa shape index (κ2) is 4.33. The Hall–Kier alpha value is -1.62. The van der Waals surface area contributed by atoms with E-state index < -0.39 is 0 Å². The lowest BCUT2D eigenvalue weighted by molar-refractivity contribution is 0.411. The highest BCUT2D eigenvalue weighted by atomic mass is 16.5. The van der Waals surface area contributed by atoms with Gasteiger partial charge < -0.3 is 10.1 Å². The molecule has 2 aromatic rings. The molecule has 1 saturated heterocycles. The molecule has 2 aromatic heterocycles. The smallest absolute Gasteiger partial charge is 0.156 e. The van der Waals surface area contributed by atoms with E-state index in [0.717, 1.165) is 30.3 Å². The molecule has 0 spiro atoms. The van der Waals surface area contributed by atoms with E-state index in [1.165, 1.54) is 12.8 Å². The topological polar surface area (TPSA) is 51.5 Å². The first-order valence-corrected chi connectivity index (χ1v) is 5.98. The summed E-state index contributed by atoms with van der Waals surface area (Å²) >= 11 is 0. The number of pyridine rings is 1. The van der Waals surface area contributed by atoms with Gasteiger partial charge in [-0.2, -0.15) is 5.10 Å². The van der Waals surface area contributed by atoms with E-state index in [0.29, 0.717) is 5.92 Å². The lowest BCUT2D eigenvalue weighted by atomic mass is 9.99. The fourth-order valence-corrected chi connectivity index (χ4v) is 2.25. The van der Waals surface area contributed by atoms with Crippen molar-refractivity contribution in [3.63, 3.8) is 0 Å². The summed E-state index contributed by atoms with van der Waals surface area (Å²) in [4.78, 5) is 4.57. The first kappa shape index (κ1) is 10.5. The predicted molar refractivity (Wildman–Crippen MR) is 64.4 cm³/mol. The molecule has 1 atom stereocenters. The molecule has 3 rings (SSSR count). The number of fused-ring (bicyclic) bond motifs is 1. The van der Waals surface area contributed by atoms with Crippen LogP contribution in [-0.4, -0.2) is 34.8 Å². The standard InChI is InChI=1S/C12H16N4O/c1-17-10-4-5-11-14-12(15-16(11)8-10)9-3-2-6-13-7-9/h4-5,8-9,13H,2-3,6-7H2,1H3.